The second-order valence-electron chi connectivity index (χ2n) is 3.94. The third-order valence-corrected chi connectivity index (χ3v) is 2.89. The van der Waals surface area contributed by atoms with Crippen LogP contribution in [-0.4, -0.2) is 40.1 Å². The molecule has 0 radical (unpaired) electrons. The normalized spacial score (nSPS) is 29.4. The number of aliphatic hydroxyl groups is 1. The predicted molar refractivity (Wildman–Crippen MR) is 57.9 cm³/mol. The molecule has 2 N–H and O–H groups in total. The van der Waals surface area contributed by atoms with Crippen molar-refractivity contribution in [1.29, 1.82) is 0 Å². The van der Waals surface area contributed by atoms with Gasteiger partial charge in [-0.25, -0.2) is 0 Å². The Hall–Kier alpha value is -1.29. The molecule has 1 atom stereocenters. The van der Waals surface area contributed by atoms with E-state index in [0.29, 0.717) is 5.71 Å². The zero-order valence-corrected chi connectivity index (χ0v) is 8.63. The molecule has 0 bridgehead atoms. The summed E-state index contributed by atoms with van der Waals surface area (Å²) in [6.45, 7) is 2.10. The zero-order chi connectivity index (χ0) is 10.7. The lowest BCUT2D eigenvalue weighted by atomic mass is 10.0. The molecule has 1 heterocycles. The highest BCUT2D eigenvalue weighted by Gasteiger charge is 2.18. The first-order valence-electron chi connectivity index (χ1n) is 5.36. The van der Waals surface area contributed by atoms with Crippen LogP contribution in [0.25, 0.3) is 0 Å². The van der Waals surface area contributed by atoms with E-state index in [-0.39, 0.29) is 0 Å². The maximum absolute atomic E-state index is 9.62. The lowest BCUT2D eigenvalue weighted by molar-refractivity contribution is 0.256. The fourth-order valence-corrected chi connectivity index (χ4v) is 2.03. The van der Waals surface area contributed by atoms with Gasteiger partial charge in [0.2, 0.25) is 0 Å². The number of oxime groups is 1. The van der Waals surface area contributed by atoms with Crippen LogP contribution in [-0.2, 0) is 0 Å². The summed E-state index contributed by atoms with van der Waals surface area (Å²) in [7, 11) is 0. The van der Waals surface area contributed by atoms with Crippen LogP contribution in [0, 0.1) is 0 Å². The summed E-state index contributed by atoms with van der Waals surface area (Å²) in [5.74, 6) is 0. The molecule has 1 saturated heterocycles. The first kappa shape index (κ1) is 10.2. The number of hydrogen-bond acceptors (Lipinski definition) is 4. The average Bonchev–Trinajstić information content (AvgIpc) is 2.30. The van der Waals surface area contributed by atoms with Crippen LogP contribution in [0.3, 0.4) is 0 Å². The summed E-state index contributed by atoms with van der Waals surface area (Å²) in [6, 6.07) is 0. The molecule has 2 aliphatic rings. The van der Waals surface area contributed by atoms with Crippen molar-refractivity contribution in [2.45, 2.75) is 25.4 Å². The van der Waals surface area contributed by atoms with Gasteiger partial charge < -0.3 is 15.2 Å². The summed E-state index contributed by atoms with van der Waals surface area (Å²) in [5, 5.41) is 21.2. The van der Waals surface area contributed by atoms with Gasteiger partial charge in [-0.2, -0.15) is 0 Å². The van der Waals surface area contributed by atoms with Crippen LogP contribution in [0.15, 0.2) is 29.1 Å². The Bertz CT molecular complexity index is 315. The number of allylic oxidation sites excluding steroid dienone is 1. The van der Waals surface area contributed by atoms with E-state index in [1.54, 1.807) is 12.2 Å². The Morgan fingerprint density at radius 3 is 2.53 bits per heavy atom. The second kappa shape index (κ2) is 4.49. The third-order valence-electron chi connectivity index (χ3n) is 2.89. The van der Waals surface area contributed by atoms with Crippen LogP contribution in [0.4, 0.5) is 0 Å². The molecular weight excluding hydrogens is 192 g/mol. The highest BCUT2D eigenvalue weighted by Crippen LogP contribution is 2.19. The Morgan fingerprint density at radius 1 is 1.20 bits per heavy atom. The molecule has 1 unspecified atom stereocenters. The van der Waals surface area contributed by atoms with Crippen LogP contribution >= 0.6 is 0 Å². The number of rotatable bonds is 1. The highest BCUT2D eigenvalue weighted by molar-refractivity contribution is 6.00. The van der Waals surface area contributed by atoms with Gasteiger partial charge in [-0.05, 0) is 37.5 Å². The Balaban J connectivity index is 2.08. The molecule has 0 amide bonds. The Labute approximate surface area is 89.2 Å². The van der Waals surface area contributed by atoms with Crippen LogP contribution < -0.4 is 0 Å². The third kappa shape index (κ3) is 2.21. The van der Waals surface area contributed by atoms with Crippen molar-refractivity contribution in [1.82, 2.24) is 4.90 Å². The number of hydrogen-bond donors (Lipinski definition) is 2. The summed E-state index contributed by atoms with van der Waals surface area (Å²) >= 11 is 0. The van der Waals surface area contributed by atoms with Crippen molar-refractivity contribution in [2.75, 3.05) is 13.1 Å². The smallest absolute Gasteiger partial charge is 0.120 e. The van der Waals surface area contributed by atoms with Gasteiger partial charge in [0.1, 0.15) is 11.8 Å². The second-order valence-corrected chi connectivity index (χ2v) is 3.94. The summed E-state index contributed by atoms with van der Waals surface area (Å²) in [6.07, 6.45) is 8.23. The minimum absolute atomic E-state index is 0.302. The zero-order valence-electron chi connectivity index (χ0n) is 8.63. The fraction of sp³-hybridized carbons (Fsp3) is 0.545. The molecule has 0 aromatic carbocycles. The highest BCUT2D eigenvalue weighted by atomic mass is 16.4. The van der Waals surface area contributed by atoms with E-state index in [2.05, 4.69) is 10.1 Å². The first-order valence-corrected chi connectivity index (χ1v) is 5.36. The minimum atomic E-state index is -0.781. The minimum Gasteiger partial charge on any atom is -0.411 e. The molecule has 1 fully saturated rings. The number of likely N-dealkylation sites (tertiary alicyclic amines) is 1. The van der Waals surface area contributed by atoms with Crippen molar-refractivity contribution >= 4 is 5.71 Å². The SMILES string of the molecule is ON=C1C=CC(N2CCCCC2)=CC1O. The fourth-order valence-electron chi connectivity index (χ4n) is 2.03. The van der Waals surface area contributed by atoms with E-state index in [4.69, 9.17) is 5.21 Å². The van der Waals surface area contributed by atoms with E-state index in [9.17, 15) is 5.11 Å². The first-order chi connectivity index (χ1) is 7.31. The molecule has 1 aliphatic carbocycles. The van der Waals surface area contributed by atoms with Crippen LogP contribution in [0.5, 0.6) is 0 Å². The molecule has 0 aromatic heterocycles. The van der Waals surface area contributed by atoms with Crippen LogP contribution in [0.1, 0.15) is 19.3 Å². The van der Waals surface area contributed by atoms with Gasteiger partial charge in [0.15, 0.2) is 0 Å². The van der Waals surface area contributed by atoms with Crippen molar-refractivity contribution in [3.63, 3.8) is 0 Å². The van der Waals surface area contributed by atoms with E-state index < -0.39 is 6.10 Å². The number of piperidine rings is 1. The van der Waals surface area contributed by atoms with Crippen molar-refractivity contribution in [2.24, 2.45) is 5.16 Å². The Kier molecular flexibility index (Phi) is 3.06. The Morgan fingerprint density at radius 2 is 1.93 bits per heavy atom. The summed E-state index contributed by atoms with van der Waals surface area (Å²) in [5.41, 5.74) is 1.34. The van der Waals surface area contributed by atoms with Gasteiger partial charge in [-0.15, -0.1) is 0 Å². The standard InChI is InChI=1S/C11H16N2O2/c14-11-8-9(4-5-10(11)12-15)13-6-2-1-3-7-13/h4-5,8,11,14-15H,1-3,6-7H2. The average molecular weight is 208 g/mol. The lowest BCUT2D eigenvalue weighted by Crippen LogP contribution is -2.31. The number of aliphatic hydroxyl groups excluding tert-OH is 1. The molecule has 0 spiro atoms. The van der Waals surface area contributed by atoms with Gasteiger partial charge >= 0.3 is 0 Å². The molecule has 0 aromatic rings. The van der Waals surface area contributed by atoms with Crippen LogP contribution in [0.2, 0.25) is 0 Å². The molecule has 15 heavy (non-hydrogen) atoms. The molecule has 4 heteroatoms. The van der Waals surface area contributed by atoms with E-state index >= 15 is 0 Å². The number of nitrogens with zero attached hydrogens (tertiary/aromatic N) is 2. The molecule has 82 valence electrons. The quantitative estimate of drug-likeness (QED) is 0.501. The van der Waals surface area contributed by atoms with Crippen molar-refractivity contribution < 1.29 is 10.3 Å². The molecular formula is C11H16N2O2. The van der Waals surface area contributed by atoms with E-state index in [1.165, 1.54) is 19.3 Å². The van der Waals surface area contributed by atoms with Crippen molar-refractivity contribution in [3.05, 3.63) is 23.9 Å². The van der Waals surface area contributed by atoms with Gasteiger partial charge in [0.25, 0.3) is 0 Å². The monoisotopic (exact) mass is 208 g/mol. The maximum Gasteiger partial charge on any atom is 0.120 e. The van der Waals surface area contributed by atoms with Crippen molar-refractivity contribution in [3.8, 4) is 0 Å². The molecule has 0 saturated carbocycles. The van der Waals surface area contributed by atoms with E-state index in [0.717, 1.165) is 18.8 Å². The molecule has 1 aliphatic heterocycles. The molecule has 4 nitrogen and oxygen atoms in total. The van der Waals surface area contributed by atoms with Gasteiger partial charge in [-0.1, -0.05) is 5.16 Å². The topological polar surface area (TPSA) is 56.1 Å². The maximum atomic E-state index is 9.62. The lowest BCUT2D eigenvalue weighted by Gasteiger charge is -2.31. The molecule has 2 rings (SSSR count). The van der Waals surface area contributed by atoms with Gasteiger partial charge in [-0.3, -0.25) is 0 Å². The van der Waals surface area contributed by atoms with Gasteiger partial charge in [0, 0.05) is 18.8 Å². The van der Waals surface area contributed by atoms with E-state index in [1.807, 2.05) is 6.08 Å². The summed E-state index contributed by atoms with van der Waals surface area (Å²) in [4.78, 5) is 2.26. The summed E-state index contributed by atoms with van der Waals surface area (Å²) < 4.78 is 0. The van der Waals surface area contributed by atoms with Gasteiger partial charge in [0.05, 0.1) is 0 Å². The predicted octanol–water partition coefficient (Wildman–Crippen LogP) is 1.12. The largest absolute Gasteiger partial charge is 0.411 e.